The first-order chi connectivity index (χ1) is 10.5. The Hall–Kier alpha value is -2.87. The molecule has 1 unspecified atom stereocenters. The number of Topliss-reactive ketones (excluding diaryl/α,β-unsaturated/α-hetero) is 1. The van der Waals surface area contributed by atoms with Crippen LogP contribution in [-0.4, -0.2) is 11.9 Å². The van der Waals surface area contributed by atoms with Crippen molar-refractivity contribution in [2.75, 3.05) is 0 Å². The van der Waals surface area contributed by atoms with Crippen LogP contribution in [0, 0.1) is 12.4 Å². The third-order valence-electron chi connectivity index (χ3n) is 2.98. The van der Waals surface area contributed by atoms with Gasteiger partial charge in [0.2, 0.25) is 0 Å². The minimum absolute atomic E-state index is 0.0400. The molecule has 0 saturated heterocycles. The summed E-state index contributed by atoms with van der Waals surface area (Å²) in [5.41, 5.74) is 0.215. The Morgan fingerprint density at radius 1 is 1.18 bits per heavy atom. The number of carbonyl (C=O) groups is 1. The van der Waals surface area contributed by atoms with Crippen LogP contribution in [0.25, 0.3) is 4.85 Å². The topological polar surface area (TPSA) is 39.9 Å². The smallest absolute Gasteiger partial charge is 0.190 e. The van der Waals surface area contributed by atoms with E-state index in [1.54, 1.807) is 31.2 Å². The molecule has 0 fully saturated rings. The second-order valence-corrected chi connectivity index (χ2v) is 4.67. The lowest BCUT2D eigenvalue weighted by Gasteiger charge is -2.12. The highest BCUT2D eigenvalue weighted by molar-refractivity contribution is 5.80. The first kappa shape index (κ1) is 15.5. The highest BCUT2D eigenvalue weighted by Gasteiger charge is 2.10. The Kier molecular flexibility index (Phi) is 4.74. The van der Waals surface area contributed by atoms with Crippen LogP contribution in [0.3, 0.4) is 0 Å². The Morgan fingerprint density at radius 3 is 2.36 bits per heavy atom. The van der Waals surface area contributed by atoms with Crippen molar-refractivity contribution in [2.24, 2.45) is 0 Å². The van der Waals surface area contributed by atoms with Crippen LogP contribution < -0.4 is 9.47 Å². The lowest BCUT2D eigenvalue weighted by molar-refractivity contribution is -0.122. The van der Waals surface area contributed by atoms with Gasteiger partial charge in [0.05, 0.1) is 6.57 Å². The molecule has 2 rings (SSSR count). The largest absolute Gasteiger partial charge is 0.483 e. The van der Waals surface area contributed by atoms with Crippen LogP contribution in [0.5, 0.6) is 17.2 Å². The van der Waals surface area contributed by atoms with Crippen LogP contribution in [0.4, 0.5) is 10.1 Å². The summed E-state index contributed by atoms with van der Waals surface area (Å²) in [7, 11) is 0. The fourth-order valence-electron chi connectivity index (χ4n) is 1.64. The summed E-state index contributed by atoms with van der Waals surface area (Å²) < 4.78 is 24.6. The summed E-state index contributed by atoms with van der Waals surface area (Å²) in [5, 5.41) is 0. The molecule has 0 radical (unpaired) electrons. The summed E-state index contributed by atoms with van der Waals surface area (Å²) in [6.07, 6.45) is -0.523. The Bertz CT molecular complexity index is 720. The molecule has 2 aromatic carbocycles. The monoisotopic (exact) mass is 299 g/mol. The van der Waals surface area contributed by atoms with E-state index in [1.807, 2.05) is 0 Å². The average Bonchev–Trinajstić information content (AvgIpc) is 2.51. The quantitative estimate of drug-likeness (QED) is 0.762. The summed E-state index contributed by atoms with van der Waals surface area (Å²) in [6, 6.07) is 10.5. The predicted octanol–water partition coefficient (Wildman–Crippen LogP) is 4.53. The summed E-state index contributed by atoms with van der Waals surface area (Å²) >= 11 is 0. The SMILES string of the molecule is [C-]#[N+]c1ccc(Oc2ccc(OC(C)C(C)=O)cc2)c(F)c1. The number of ketones is 1. The van der Waals surface area contributed by atoms with Crippen molar-refractivity contribution in [1.29, 1.82) is 0 Å². The van der Waals surface area contributed by atoms with Gasteiger partial charge in [0.25, 0.3) is 0 Å². The molecule has 0 aliphatic rings. The molecule has 0 amide bonds. The molecule has 0 aromatic heterocycles. The van der Waals surface area contributed by atoms with Crippen LogP contribution in [-0.2, 0) is 4.79 Å². The first-order valence-electron chi connectivity index (χ1n) is 6.61. The molecule has 0 N–H and O–H groups in total. The van der Waals surface area contributed by atoms with E-state index in [0.717, 1.165) is 6.07 Å². The number of carbonyl (C=O) groups excluding carboxylic acids is 1. The van der Waals surface area contributed by atoms with Crippen LogP contribution >= 0.6 is 0 Å². The molecule has 0 bridgehead atoms. The van der Waals surface area contributed by atoms with Crippen molar-refractivity contribution in [2.45, 2.75) is 20.0 Å². The van der Waals surface area contributed by atoms with E-state index < -0.39 is 11.9 Å². The molecule has 22 heavy (non-hydrogen) atoms. The van der Waals surface area contributed by atoms with Gasteiger partial charge in [-0.15, -0.1) is 0 Å². The van der Waals surface area contributed by atoms with E-state index in [0.29, 0.717) is 11.5 Å². The fraction of sp³-hybridized carbons (Fsp3) is 0.176. The summed E-state index contributed by atoms with van der Waals surface area (Å²) in [6.45, 7) is 9.94. The molecule has 4 nitrogen and oxygen atoms in total. The highest BCUT2D eigenvalue weighted by Crippen LogP contribution is 2.28. The van der Waals surface area contributed by atoms with Crippen molar-refractivity contribution in [3.8, 4) is 17.2 Å². The fourth-order valence-corrected chi connectivity index (χ4v) is 1.64. The van der Waals surface area contributed by atoms with Gasteiger partial charge in [0.15, 0.2) is 29.1 Å². The molecule has 0 aliphatic carbocycles. The third kappa shape index (κ3) is 3.83. The van der Waals surface area contributed by atoms with Crippen LogP contribution in [0.15, 0.2) is 42.5 Å². The Morgan fingerprint density at radius 2 is 1.82 bits per heavy atom. The van der Waals surface area contributed by atoms with Gasteiger partial charge in [0.1, 0.15) is 11.5 Å². The van der Waals surface area contributed by atoms with Gasteiger partial charge in [-0.3, -0.25) is 4.79 Å². The second kappa shape index (κ2) is 6.72. The van der Waals surface area contributed by atoms with E-state index in [9.17, 15) is 9.18 Å². The molecule has 0 aliphatic heterocycles. The van der Waals surface area contributed by atoms with E-state index in [1.165, 1.54) is 19.1 Å². The van der Waals surface area contributed by atoms with Gasteiger partial charge in [-0.25, -0.2) is 9.24 Å². The first-order valence-corrected chi connectivity index (χ1v) is 6.61. The maximum absolute atomic E-state index is 13.7. The lowest BCUT2D eigenvalue weighted by Crippen LogP contribution is -2.20. The number of nitrogens with zero attached hydrogens (tertiary/aromatic N) is 1. The van der Waals surface area contributed by atoms with Gasteiger partial charge in [-0.2, -0.15) is 0 Å². The normalized spacial score (nSPS) is 11.4. The summed E-state index contributed by atoms with van der Waals surface area (Å²) in [5.74, 6) is 0.329. The van der Waals surface area contributed by atoms with Crippen molar-refractivity contribution in [3.63, 3.8) is 0 Å². The number of halogens is 1. The second-order valence-electron chi connectivity index (χ2n) is 4.67. The Balaban J connectivity index is 2.08. The van der Waals surface area contributed by atoms with E-state index in [4.69, 9.17) is 16.0 Å². The van der Waals surface area contributed by atoms with E-state index in [-0.39, 0.29) is 17.2 Å². The molecule has 1 atom stereocenters. The zero-order chi connectivity index (χ0) is 16.1. The van der Waals surface area contributed by atoms with E-state index in [2.05, 4.69) is 4.85 Å². The molecule has 0 heterocycles. The van der Waals surface area contributed by atoms with Crippen LogP contribution in [0.1, 0.15) is 13.8 Å². The third-order valence-corrected chi connectivity index (χ3v) is 2.98. The van der Waals surface area contributed by atoms with Crippen molar-refractivity contribution in [1.82, 2.24) is 0 Å². The lowest BCUT2D eigenvalue weighted by atomic mass is 10.2. The van der Waals surface area contributed by atoms with Gasteiger partial charge >= 0.3 is 0 Å². The minimum atomic E-state index is -0.598. The zero-order valence-corrected chi connectivity index (χ0v) is 12.2. The number of benzene rings is 2. The number of hydrogen-bond acceptors (Lipinski definition) is 3. The summed E-state index contributed by atoms with van der Waals surface area (Å²) in [4.78, 5) is 14.3. The van der Waals surface area contributed by atoms with Crippen molar-refractivity contribution >= 4 is 11.5 Å². The number of hydrogen-bond donors (Lipinski definition) is 0. The minimum Gasteiger partial charge on any atom is -0.483 e. The molecule has 112 valence electrons. The predicted molar refractivity (Wildman–Crippen MR) is 79.9 cm³/mol. The average molecular weight is 299 g/mol. The molecular weight excluding hydrogens is 285 g/mol. The Labute approximate surface area is 127 Å². The number of ether oxygens (including phenoxy) is 2. The molecule has 5 heteroatoms. The van der Waals surface area contributed by atoms with Crippen molar-refractivity contribution < 1.29 is 18.7 Å². The zero-order valence-electron chi connectivity index (χ0n) is 12.2. The van der Waals surface area contributed by atoms with E-state index >= 15 is 0 Å². The van der Waals surface area contributed by atoms with Crippen molar-refractivity contribution in [3.05, 3.63) is 59.7 Å². The maximum Gasteiger partial charge on any atom is 0.190 e. The number of rotatable bonds is 5. The van der Waals surface area contributed by atoms with Gasteiger partial charge < -0.3 is 9.47 Å². The highest BCUT2D eigenvalue weighted by atomic mass is 19.1. The standard InChI is InChI=1S/C17H14FNO3/c1-11(20)12(2)21-14-5-7-15(8-6-14)22-17-9-4-13(19-3)10-16(17)18/h4-10,12H,1-2H3. The molecule has 0 saturated carbocycles. The van der Waals surface area contributed by atoms with Gasteiger partial charge in [-0.1, -0.05) is 6.07 Å². The van der Waals surface area contributed by atoms with Gasteiger partial charge in [-0.05, 0) is 50.2 Å². The van der Waals surface area contributed by atoms with Gasteiger partial charge in [0, 0.05) is 0 Å². The molecular formula is C17H14FNO3. The molecule has 2 aromatic rings. The molecule has 0 spiro atoms. The van der Waals surface area contributed by atoms with Crippen LogP contribution in [0.2, 0.25) is 0 Å². The maximum atomic E-state index is 13.7.